The van der Waals surface area contributed by atoms with Crippen molar-refractivity contribution in [3.63, 3.8) is 0 Å². The Kier molecular flexibility index (Phi) is 5.65. The summed E-state index contributed by atoms with van der Waals surface area (Å²) in [4.78, 5) is 11.8. The van der Waals surface area contributed by atoms with Crippen LogP contribution in [-0.4, -0.2) is 12.5 Å². The van der Waals surface area contributed by atoms with Gasteiger partial charge < -0.3 is 5.32 Å². The second kappa shape index (κ2) is 7.71. The second-order valence-corrected chi connectivity index (χ2v) is 11.1. The summed E-state index contributed by atoms with van der Waals surface area (Å²) in [7, 11) is 0. The maximum absolute atomic E-state index is 11.8. The van der Waals surface area contributed by atoms with E-state index in [2.05, 4.69) is 19.2 Å². The Morgan fingerprint density at radius 3 is 2.56 bits per heavy atom. The first-order chi connectivity index (χ1) is 13.0. The molecule has 4 saturated carbocycles. The van der Waals surface area contributed by atoms with Gasteiger partial charge in [-0.1, -0.05) is 26.7 Å². The minimum atomic E-state index is 0.254. The number of fused-ring (bicyclic) bond motifs is 5. The van der Waals surface area contributed by atoms with E-state index in [1.807, 2.05) is 6.92 Å². The lowest BCUT2D eigenvalue weighted by atomic mass is 9.45. The molecule has 0 aromatic rings. The van der Waals surface area contributed by atoms with Crippen LogP contribution in [0.2, 0.25) is 0 Å². The number of rotatable bonds is 5. The number of hydrogen-bond acceptors (Lipinski definition) is 1. The molecule has 4 rings (SSSR count). The predicted molar refractivity (Wildman–Crippen MR) is 112 cm³/mol. The molecule has 4 fully saturated rings. The lowest BCUT2D eigenvalue weighted by Crippen LogP contribution is -2.52. The van der Waals surface area contributed by atoms with Crippen molar-refractivity contribution < 1.29 is 4.79 Å². The van der Waals surface area contributed by atoms with Gasteiger partial charge in [-0.15, -0.1) is 0 Å². The van der Waals surface area contributed by atoms with Crippen molar-refractivity contribution in [1.29, 1.82) is 0 Å². The van der Waals surface area contributed by atoms with E-state index in [1.165, 1.54) is 70.6 Å². The molecule has 7 unspecified atom stereocenters. The lowest BCUT2D eigenvalue weighted by Gasteiger charge is -2.60. The van der Waals surface area contributed by atoms with Crippen LogP contribution in [0.4, 0.5) is 0 Å². The zero-order valence-electron chi connectivity index (χ0n) is 18.2. The Morgan fingerprint density at radius 1 is 0.926 bits per heavy atom. The van der Waals surface area contributed by atoms with Crippen LogP contribution in [0.5, 0.6) is 0 Å². The Morgan fingerprint density at radius 2 is 1.74 bits per heavy atom. The van der Waals surface area contributed by atoms with Crippen LogP contribution < -0.4 is 5.32 Å². The molecule has 7 atom stereocenters. The van der Waals surface area contributed by atoms with E-state index in [0.29, 0.717) is 10.8 Å². The highest BCUT2D eigenvalue weighted by molar-refractivity contribution is 5.75. The third kappa shape index (κ3) is 3.38. The molecular formula is C25H43NO. The van der Waals surface area contributed by atoms with Gasteiger partial charge in [0.15, 0.2) is 0 Å². The van der Waals surface area contributed by atoms with Gasteiger partial charge in [0.25, 0.3) is 0 Å². The van der Waals surface area contributed by atoms with Crippen LogP contribution in [0.15, 0.2) is 0 Å². The van der Waals surface area contributed by atoms with Crippen molar-refractivity contribution in [3.8, 4) is 0 Å². The first-order valence-electron chi connectivity index (χ1n) is 12.3. The minimum absolute atomic E-state index is 0.254. The van der Waals surface area contributed by atoms with E-state index < -0.39 is 0 Å². The van der Waals surface area contributed by atoms with E-state index in [1.54, 1.807) is 0 Å². The zero-order chi connectivity index (χ0) is 19.1. The average Bonchev–Trinajstić information content (AvgIpc) is 2.98. The molecular weight excluding hydrogens is 330 g/mol. The molecule has 0 heterocycles. The molecule has 27 heavy (non-hydrogen) atoms. The molecule has 154 valence electrons. The van der Waals surface area contributed by atoms with E-state index in [4.69, 9.17) is 0 Å². The zero-order valence-corrected chi connectivity index (χ0v) is 18.2. The quantitative estimate of drug-likeness (QED) is 0.598. The van der Waals surface area contributed by atoms with Crippen molar-refractivity contribution in [2.45, 2.75) is 104 Å². The maximum Gasteiger partial charge on any atom is 0.219 e. The largest absolute Gasteiger partial charge is 0.356 e. The van der Waals surface area contributed by atoms with E-state index in [9.17, 15) is 4.79 Å². The molecule has 0 aromatic carbocycles. The molecule has 4 aliphatic rings. The molecule has 0 spiro atoms. The van der Waals surface area contributed by atoms with Gasteiger partial charge in [-0.2, -0.15) is 0 Å². The summed E-state index contributed by atoms with van der Waals surface area (Å²) in [6.45, 7) is 8.12. The summed E-state index contributed by atoms with van der Waals surface area (Å²) in [5.74, 6) is 5.16. The van der Waals surface area contributed by atoms with Gasteiger partial charge in [-0.25, -0.2) is 0 Å². The number of carbonyl (C=O) groups excluding carboxylic acids is 1. The van der Waals surface area contributed by atoms with Gasteiger partial charge in [-0.05, 0) is 112 Å². The Labute approximate surface area is 167 Å². The molecule has 4 aliphatic carbocycles. The topological polar surface area (TPSA) is 29.1 Å². The minimum Gasteiger partial charge on any atom is -0.356 e. The van der Waals surface area contributed by atoms with Crippen LogP contribution in [0, 0.1) is 40.4 Å². The summed E-state index contributed by atoms with van der Waals surface area (Å²) >= 11 is 0. The molecule has 2 nitrogen and oxygen atoms in total. The van der Waals surface area contributed by atoms with Crippen molar-refractivity contribution in [1.82, 2.24) is 5.32 Å². The van der Waals surface area contributed by atoms with Crippen LogP contribution in [0.3, 0.4) is 0 Å². The van der Waals surface area contributed by atoms with Gasteiger partial charge in [0.05, 0.1) is 0 Å². The molecule has 1 N–H and O–H groups in total. The SMILES string of the molecule is CCNC(=O)CCCC1CCC2C3CCC4CCCCC4(C)C3CCC12C. The first kappa shape index (κ1) is 19.8. The third-order valence-electron chi connectivity index (χ3n) is 10.1. The fourth-order valence-corrected chi connectivity index (χ4v) is 8.67. The van der Waals surface area contributed by atoms with Gasteiger partial charge >= 0.3 is 0 Å². The predicted octanol–water partition coefficient (Wildman–Crippen LogP) is 6.34. The number of nitrogens with one attached hydrogen (secondary N) is 1. The second-order valence-electron chi connectivity index (χ2n) is 11.1. The van der Waals surface area contributed by atoms with E-state index >= 15 is 0 Å². The van der Waals surface area contributed by atoms with Gasteiger partial charge in [0, 0.05) is 13.0 Å². The van der Waals surface area contributed by atoms with Crippen molar-refractivity contribution >= 4 is 5.91 Å². The van der Waals surface area contributed by atoms with Crippen LogP contribution in [0.1, 0.15) is 104 Å². The third-order valence-corrected chi connectivity index (χ3v) is 10.1. The van der Waals surface area contributed by atoms with Crippen molar-refractivity contribution in [3.05, 3.63) is 0 Å². The summed E-state index contributed by atoms with van der Waals surface area (Å²) in [6, 6.07) is 0. The van der Waals surface area contributed by atoms with Gasteiger partial charge in [0.1, 0.15) is 0 Å². The van der Waals surface area contributed by atoms with Crippen LogP contribution in [-0.2, 0) is 4.79 Å². The Hall–Kier alpha value is -0.530. The van der Waals surface area contributed by atoms with Crippen LogP contribution in [0.25, 0.3) is 0 Å². The summed E-state index contributed by atoms with van der Waals surface area (Å²) in [6.07, 6.45) is 18.0. The maximum atomic E-state index is 11.8. The van der Waals surface area contributed by atoms with E-state index in [0.717, 1.165) is 49.0 Å². The highest BCUT2D eigenvalue weighted by Gasteiger charge is 2.59. The number of amides is 1. The van der Waals surface area contributed by atoms with Gasteiger partial charge in [0.2, 0.25) is 5.91 Å². The number of carbonyl (C=O) groups is 1. The number of hydrogen-bond donors (Lipinski definition) is 1. The molecule has 0 aliphatic heterocycles. The standard InChI is InChI=1S/C25H43NO/c1-4-26-23(27)10-7-9-19-12-14-21-20-13-11-18-8-5-6-16-24(18,2)22(20)15-17-25(19,21)3/h18-22H,4-17H2,1-3H3,(H,26,27). The molecule has 1 amide bonds. The summed E-state index contributed by atoms with van der Waals surface area (Å²) in [5.41, 5.74) is 1.24. The van der Waals surface area contributed by atoms with E-state index in [-0.39, 0.29) is 5.91 Å². The lowest BCUT2D eigenvalue weighted by molar-refractivity contribution is -0.121. The average molecular weight is 374 g/mol. The summed E-state index contributed by atoms with van der Waals surface area (Å²) < 4.78 is 0. The van der Waals surface area contributed by atoms with Crippen molar-refractivity contribution in [2.75, 3.05) is 6.54 Å². The van der Waals surface area contributed by atoms with Crippen LogP contribution >= 0.6 is 0 Å². The Balaban J connectivity index is 1.41. The normalized spacial score (nSPS) is 46.3. The molecule has 2 heteroatoms. The highest BCUT2D eigenvalue weighted by atomic mass is 16.1. The fraction of sp³-hybridized carbons (Fsp3) is 0.960. The smallest absolute Gasteiger partial charge is 0.219 e. The molecule has 0 aromatic heterocycles. The molecule has 0 radical (unpaired) electrons. The molecule has 0 bridgehead atoms. The monoisotopic (exact) mass is 373 g/mol. The first-order valence-corrected chi connectivity index (χ1v) is 12.3. The Bertz CT molecular complexity index is 544. The molecule has 0 saturated heterocycles. The summed E-state index contributed by atoms with van der Waals surface area (Å²) in [5, 5.41) is 2.97. The van der Waals surface area contributed by atoms with Gasteiger partial charge in [-0.3, -0.25) is 4.79 Å². The van der Waals surface area contributed by atoms with Crippen molar-refractivity contribution in [2.24, 2.45) is 40.4 Å². The fourth-order valence-electron chi connectivity index (χ4n) is 8.67. The highest BCUT2D eigenvalue weighted by Crippen LogP contribution is 2.67.